The van der Waals surface area contributed by atoms with Crippen molar-refractivity contribution in [1.29, 1.82) is 0 Å². The van der Waals surface area contributed by atoms with Crippen LogP contribution in [0.1, 0.15) is 121 Å². The SMILES string of the molecule is CC1CCCC(N=Cc2cccc(C3CCCCCCCCCCC3)c2O)C1C.[Cl][Zr][Cl]. The topological polar surface area (TPSA) is 32.6 Å². The number of aliphatic imine (C=N–C) groups is 1. The number of phenolic OH excluding ortho intramolecular Hbond substituents is 1. The summed E-state index contributed by atoms with van der Waals surface area (Å²) in [5.74, 6) is 2.37. The van der Waals surface area contributed by atoms with E-state index in [2.05, 4.69) is 26.0 Å². The Bertz CT molecular complexity index is 657. The van der Waals surface area contributed by atoms with Gasteiger partial charge in [-0.05, 0) is 48.6 Å². The summed E-state index contributed by atoms with van der Waals surface area (Å²) >= 11 is -0.826. The van der Waals surface area contributed by atoms with Crippen molar-refractivity contribution in [1.82, 2.24) is 0 Å². The van der Waals surface area contributed by atoms with Gasteiger partial charge in [-0.25, -0.2) is 0 Å². The van der Waals surface area contributed by atoms with Gasteiger partial charge in [-0.3, -0.25) is 4.99 Å². The quantitative estimate of drug-likeness (QED) is 0.368. The number of phenols is 1. The van der Waals surface area contributed by atoms with Crippen molar-refractivity contribution in [2.75, 3.05) is 0 Å². The Hall–Kier alpha value is 0.153. The molecule has 0 amide bonds. The number of hydrogen-bond donors (Lipinski definition) is 1. The molecule has 0 aliphatic heterocycles. The van der Waals surface area contributed by atoms with Crippen LogP contribution in [0, 0.1) is 11.8 Å². The van der Waals surface area contributed by atoms with Crippen LogP contribution < -0.4 is 0 Å². The Morgan fingerprint density at radius 3 is 2.00 bits per heavy atom. The molecule has 1 N–H and O–H groups in total. The molecule has 2 nitrogen and oxygen atoms in total. The van der Waals surface area contributed by atoms with E-state index < -0.39 is 20.8 Å². The van der Waals surface area contributed by atoms with Gasteiger partial charge in [0.15, 0.2) is 0 Å². The molecule has 0 heterocycles. The molecule has 5 heteroatoms. The predicted octanol–water partition coefficient (Wildman–Crippen LogP) is 9.40. The van der Waals surface area contributed by atoms with Gasteiger partial charge in [-0.1, -0.05) is 96.6 Å². The van der Waals surface area contributed by atoms with E-state index in [9.17, 15) is 5.11 Å². The van der Waals surface area contributed by atoms with E-state index in [0.717, 1.165) is 17.0 Å². The molecule has 0 radical (unpaired) electrons. The summed E-state index contributed by atoms with van der Waals surface area (Å²) in [4.78, 5) is 4.93. The third kappa shape index (κ3) is 9.79. The van der Waals surface area contributed by atoms with E-state index in [1.165, 1.54) is 89.9 Å². The fraction of sp³-hybridized carbons (Fsp3) is 0.741. The van der Waals surface area contributed by atoms with E-state index in [1.807, 2.05) is 12.3 Å². The molecule has 32 heavy (non-hydrogen) atoms. The van der Waals surface area contributed by atoms with Gasteiger partial charge in [-0.15, -0.1) is 0 Å². The first-order valence-electron chi connectivity index (χ1n) is 12.9. The second kappa shape index (κ2) is 16.7. The van der Waals surface area contributed by atoms with Gasteiger partial charge in [0.1, 0.15) is 5.75 Å². The van der Waals surface area contributed by atoms with Gasteiger partial charge >= 0.3 is 37.9 Å². The molecule has 0 bridgehead atoms. The van der Waals surface area contributed by atoms with Crippen molar-refractivity contribution in [3.05, 3.63) is 29.3 Å². The third-order valence-electron chi connectivity index (χ3n) is 7.71. The van der Waals surface area contributed by atoms with Crippen LogP contribution in [0.4, 0.5) is 0 Å². The van der Waals surface area contributed by atoms with Crippen LogP contribution in [0.15, 0.2) is 23.2 Å². The van der Waals surface area contributed by atoms with Crippen LogP contribution in [0.25, 0.3) is 0 Å². The average molecular weight is 560 g/mol. The summed E-state index contributed by atoms with van der Waals surface area (Å²) in [6, 6.07) is 6.73. The van der Waals surface area contributed by atoms with Gasteiger partial charge in [0.05, 0.1) is 6.04 Å². The van der Waals surface area contributed by atoms with Crippen LogP contribution in [0.2, 0.25) is 0 Å². The molecular formula is C27H43Cl2NOZr. The normalized spacial score (nSPS) is 26.4. The molecule has 0 aromatic heterocycles. The van der Waals surface area contributed by atoms with Crippen LogP contribution in [-0.2, 0) is 20.8 Å². The first kappa shape index (κ1) is 28.4. The van der Waals surface area contributed by atoms with Crippen LogP contribution >= 0.6 is 17.0 Å². The van der Waals surface area contributed by atoms with Crippen molar-refractivity contribution in [3.8, 4) is 5.75 Å². The number of para-hydroxylation sites is 1. The minimum atomic E-state index is -0.826. The molecule has 3 unspecified atom stereocenters. The van der Waals surface area contributed by atoms with Gasteiger partial charge in [-0.2, -0.15) is 0 Å². The Morgan fingerprint density at radius 2 is 1.41 bits per heavy atom. The molecule has 2 aliphatic carbocycles. The van der Waals surface area contributed by atoms with Gasteiger partial charge in [0, 0.05) is 11.8 Å². The number of hydrogen-bond acceptors (Lipinski definition) is 2. The fourth-order valence-electron chi connectivity index (χ4n) is 5.43. The van der Waals surface area contributed by atoms with Crippen molar-refractivity contribution >= 4 is 23.2 Å². The van der Waals surface area contributed by atoms with E-state index >= 15 is 0 Å². The van der Waals surface area contributed by atoms with Crippen molar-refractivity contribution in [2.45, 2.75) is 116 Å². The van der Waals surface area contributed by atoms with Crippen molar-refractivity contribution < 1.29 is 26.0 Å². The maximum atomic E-state index is 11.1. The number of halogens is 2. The van der Waals surface area contributed by atoms with Gasteiger partial charge in [0.25, 0.3) is 0 Å². The van der Waals surface area contributed by atoms with Crippen LogP contribution in [-0.4, -0.2) is 17.4 Å². The molecule has 1 aromatic rings. The Labute approximate surface area is 215 Å². The first-order valence-corrected chi connectivity index (χ1v) is 19.2. The van der Waals surface area contributed by atoms with Crippen LogP contribution in [0.3, 0.4) is 0 Å². The summed E-state index contributed by atoms with van der Waals surface area (Å²) in [6.45, 7) is 4.70. The fourth-order valence-corrected chi connectivity index (χ4v) is 5.43. The van der Waals surface area contributed by atoms with Crippen molar-refractivity contribution in [2.24, 2.45) is 16.8 Å². The monoisotopic (exact) mass is 557 g/mol. The minimum absolute atomic E-state index is 0.406. The Morgan fingerprint density at radius 1 is 0.844 bits per heavy atom. The molecule has 0 saturated heterocycles. The molecule has 0 spiro atoms. The van der Waals surface area contributed by atoms with E-state index in [1.54, 1.807) is 0 Å². The van der Waals surface area contributed by atoms with E-state index in [-0.39, 0.29) is 0 Å². The van der Waals surface area contributed by atoms with Crippen molar-refractivity contribution in [3.63, 3.8) is 0 Å². The first-order chi connectivity index (χ1) is 15.6. The zero-order chi connectivity index (χ0) is 23.2. The van der Waals surface area contributed by atoms with Crippen LogP contribution in [0.5, 0.6) is 5.75 Å². The molecule has 3 atom stereocenters. The predicted molar refractivity (Wildman–Crippen MR) is 137 cm³/mol. The summed E-state index contributed by atoms with van der Waals surface area (Å²) in [5, 5.41) is 11.1. The Kier molecular flexibility index (Phi) is 14.8. The number of rotatable bonds is 3. The molecular weight excluding hydrogens is 516 g/mol. The standard InChI is InChI=1S/C27H43NO.2ClH.Zr/c1-21-14-12-19-26(22(21)2)28-20-24-17-13-18-25(27(24)29)23-15-10-8-6-4-3-5-7-9-11-16-23;;;/h13,17-18,20-23,26,29H,3-12,14-16,19H2,1-2H3;2*1H;/q;;;+2/p-2. The summed E-state index contributed by atoms with van der Waals surface area (Å²) in [7, 11) is 9.87. The molecule has 1 aromatic carbocycles. The van der Waals surface area contributed by atoms with Gasteiger partial charge in [0.2, 0.25) is 0 Å². The third-order valence-corrected chi connectivity index (χ3v) is 7.71. The molecule has 2 aliphatic rings. The number of nitrogens with zero attached hydrogens (tertiary/aromatic N) is 1. The zero-order valence-electron chi connectivity index (χ0n) is 20.2. The average Bonchev–Trinajstić information content (AvgIpc) is 2.77. The molecule has 2 saturated carbocycles. The second-order valence-corrected chi connectivity index (χ2v) is 13.7. The Balaban J connectivity index is 0.00000114. The summed E-state index contributed by atoms with van der Waals surface area (Å²) < 4.78 is 0. The van der Waals surface area contributed by atoms with E-state index in [4.69, 9.17) is 22.0 Å². The maximum absolute atomic E-state index is 11.1. The number of aromatic hydroxyl groups is 1. The zero-order valence-corrected chi connectivity index (χ0v) is 24.1. The molecule has 2 fully saturated rings. The van der Waals surface area contributed by atoms with E-state index in [0.29, 0.717) is 23.6 Å². The van der Waals surface area contributed by atoms with Gasteiger partial charge < -0.3 is 5.11 Å². The second-order valence-electron chi connectivity index (χ2n) is 9.93. The molecule has 3 rings (SSSR count). The summed E-state index contributed by atoms with van der Waals surface area (Å²) in [6.07, 6.45) is 20.4. The number of benzene rings is 1. The summed E-state index contributed by atoms with van der Waals surface area (Å²) in [5.41, 5.74) is 2.08. The molecule has 180 valence electrons.